The van der Waals surface area contributed by atoms with Crippen LogP contribution in [-0.4, -0.2) is 0 Å². The van der Waals surface area contributed by atoms with Crippen molar-refractivity contribution >= 4 is 0 Å². The Bertz CT molecular complexity index is 94.6. The minimum Gasteiger partial charge on any atom is -0.0654 e. The molecule has 0 heterocycles. The van der Waals surface area contributed by atoms with E-state index in [0.717, 1.165) is 12.3 Å². The second kappa shape index (κ2) is 12.1. The molecule has 91 valence electrons. The second-order valence-corrected chi connectivity index (χ2v) is 4.85. The molecule has 15 heavy (non-hydrogen) atoms. The minimum atomic E-state index is 0.915. The van der Waals surface area contributed by atoms with Crippen LogP contribution in [0.2, 0.25) is 0 Å². The Labute approximate surface area is 97.8 Å². The van der Waals surface area contributed by atoms with E-state index in [1.165, 1.54) is 64.2 Å². The summed E-state index contributed by atoms with van der Waals surface area (Å²) in [6.07, 6.45) is 15.3. The highest BCUT2D eigenvalue weighted by atomic mass is 14.1. The summed E-state index contributed by atoms with van der Waals surface area (Å²) in [7, 11) is 0. The zero-order chi connectivity index (χ0) is 11.4. The molecule has 0 aromatic heterocycles. The first-order chi connectivity index (χ1) is 7.35. The number of hydrogen-bond acceptors (Lipinski definition) is 0. The van der Waals surface area contributed by atoms with E-state index in [1.807, 2.05) is 0 Å². The topological polar surface area (TPSA) is 0 Å². The van der Waals surface area contributed by atoms with E-state index in [0.29, 0.717) is 0 Å². The molecular formula is C15H31. The average Bonchev–Trinajstić information content (AvgIpc) is 2.27. The van der Waals surface area contributed by atoms with Gasteiger partial charge < -0.3 is 0 Å². The summed E-state index contributed by atoms with van der Waals surface area (Å²) in [5, 5.41) is 0. The highest BCUT2D eigenvalue weighted by molar-refractivity contribution is 4.61. The van der Waals surface area contributed by atoms with Crippen LogP contribution < -0.4 is 0 Å². The third-order valence-corrected chi connectivity index (χ3v) is 3.34. The number of hydrogen-bond donors (Lipinski definition) is 0. The van der Waals surface area contributed by atoms with Crippen molar-refractivity contribution in [3.63, 3.8) is 0 Å². The van der Waals surface area contributed by atoms with E-state index >= 15 is 0 Å². The first kappa shape index (κ1) is 15.0. The van der Waals surface area contributed by atoms with E-state index in [-0.39, 0.29) is 0 Å². The Morgan fingerprint density at radius 1 is 0.733 bits per heavy atom. The van der Waals surface area contributed by atoms with Crippen LogP contribution in [0.5, 0.6) is 0 Å². The molecule has 0 unspecified atom stereocenters. The smallest absolute Gasteiger partial charge is 0.0414 e. The van der Waals surface area contributed by atoms with Gasteiger partial charge in [0.25, 0.3) is 0 Å². The fraction of sp³-hybridized carbons (Fsp3) is 0.933. The molecule has 0 amide bonds. The molecule has 0 aliphatic heterocycles. The molecule has 0 saturated carbocycles. The second-order valence-electron chi connectivity index (χ2n) is 4.85. The molecule has 0 fully saturated rings. The van der Waals surface area contributed by atoms with Gasteiger partial charge in [-0.05, 0) is 5.92 Å². The van der Waals surface area contributed by atoms with Gasteiger partial charge in [-0.2, -0.15) is 0 Å². The lowest BCUT2D eigenvalue weighted by Gasteiger charge is -2.14. The summed E-state index contributed by atoms with van der Waals surface area (Å²) < 4.78 is 0. The van der Waals surface area contributed by atoms with Gasteiger partial charge >= 0.3 is 0 Å². The average molecular weight is 211 g/mol. The van der Waals surface area contributed by atoms with Crippen molar-refractivity contribution in [1.82, 2.24) is 0 Å². The van der Waals surface area contributed by atoms with Crippen molar-refractivity contribution < 1.29 is 0 Å². The standard InChI is InChI=1S/C15H31/c1-4-7-9-11-13-15(6-3)14-12-10-8-5-2/h15H,3-14H2,1-2H3. The molecule has 0 aromatic rings. The van der Waals surface area contributed by atoms with Crippen LogP contribution in [0.1, 0.15) is 84.5 Å². The summed E-state index contributed by atoms with van der Waals surface area (Å²) in [5.74, 6) is 0.915. The lowest BCUT2D eigenvalue weighted by Crippen LogP contribution is -1.99. The number of unbranched alkanes of at least 4 members (excludes halogenated alkanes) is 6. The first-order valence-corrected chi connectivity index (χ1v) is 7.14. The fourth-order valence-corrected chi connectivity index (χ4v) is 2.15. The Morgan fingerprint density at radius 2 is 1.20 bits per heavy atom. The van der Waals surface area contributed by atoms with Crippen LogP contribution in [0, 0.1) is 12.8 Å². The van der Waals surface area contributed by atoms with Crippen molar-refractivity contribution in [2.45, 2.75) is 84.5 Å². The third kappa shape index (κ3) is 10.3. The molecule has 0 aliphatic carbocycles. The van der Waals surface area contributed by atoms with Gasteiger partial charge in [-0.15, -0.1) is 0 Å². The SMILES string of the molecule is [CH2]CC(CCCCCC)CCCCCC. The summed E-state index contributed by atoms with van der Waals surface area (Å²) in [4.78, 5) is 0. The molecule has 0 N–H and O–H groups in total. The number of rotatable bonds is 11. The monoisotopic (exact) mass is 211 g/mol. The minimum absolute atomic E-state index is 0.915. The molecule has 0 bridgehead atoms. The van der Waals surface area contributed by atoms with Gasteiger partial charge in [0, 0.05) is 0 Å². The van der Waals surface area contributed by atoms with E-state index in [2.05, 4.69) is 20.8 Å². The zero-order valence-corrected chi connectivity index (χ0v) is 11.1. The molecule has 0 atom stereocenters. The van der Waals surface area contributed by atoms with Crippen LogP contribution >= 0.6 is 0 Å². The van der Waals surface area contributed by atoms with Crippen molar-refractivity contribution in [2.24, 2.45) is 5.92 Å². The fourth-order valence-electron chi connectivity index (χ4n) is 2.15. The zero-order valence-electron chi connectivity index (χ0n) is 11.1. The molecule has 0 spiro atoms. The van der Waals surface area contributed by atoms with E-state index in [1.54, 1.807) is 0 Å². The molecule has 0 heteroatoms. The third-order valence-electron chi connectivity index (χ3n) is 3.34. The van der Waals surface area contributed by atoms with Gasteiger partial charge in [-0.3, -0.25) is 0 Å². The van der Waals surface area contributed by atoms with Gasteiger partial charge in [-0.1, -0.05) is 91.4 Å². The predicted octanol–water partition coefficient (Wildman–Crippen LogP) is 5.77. The van der Waals surface area contributed by atoms with Crippen molar-refractivity contribution in [3.8, 4) is 0 Å². The van der Waals surface area contributed by atoms with Gasteiger partial charge in [0.15, 0.2) is 0 Å². The van der Waals surface area contributed by atoms with E-state index < -0.39 is 0 Å². The highest BCUT2D eigenvalue weighted by Crippen LogP contribution is 2.20. The van der Waals surface area contributed by atoms with Gasteiger partial charge in [0.05, 0.1) is 0 Å². The van der Waals surface area contributed by atoms with E-state index in [4.69, 9.17) is 0 Å². The maximum absolute atomic E-state index is 4.08. The normalized spacial score (nSPS) is 11.2. The van der Waals surface area contributed by atoms with Crippen molar-refractivity contribution in [2.75, 3.05) is 0 Å². The molecule has 0 rings (SSSR count). The maximum atomic E-state index is 4.08. The Hall–Kier alpha value is 0. The van der Waals surface area contributed by atoms with E-state index in [9.17, 15) is 0 Å². The molecule has 1 radical (unpaired) electrons. The summed E-state index contributed by atoms with van der Waals surface area (Å²) in [5.41, 5.74) is 0. The van der Waals surface area contributed by atoms with Crippen LogP contribution in [0.3, 0.4) is 0 Å². The quantitative estimate of drug-likeness (QED) is 0.381. The summed E-state index contributed by atoms with van der Waals surface area (Å²) in [6, 6.07) is 0. The molecule has 0 aromatic carbocycles. The van der Waals surface area contributed by atoms with Crippen LogP contribution in [0.4, 0.5) is 0 Å². The summed E-state index contributed by atoms with van der Waals surface area (Å²) in [6.45, 7) is 8.65. The summed E-state index contributed by atoms with van der Waals surface area (Å²) >= 11 is 0. The first-order valence-electron chi connectivity index (χ1n) is 7.14. The molecular weight excluding hydrogens is 180 g/mol. The lowest BCUT2D eigenvalue weighted by molar-refractivity contribution is 0.408. The van der Waals surface area contributed by atoms with Gasteiger partial charge in [0.1, 0.15) is 0 Å². The Balaban J connectivity index is 3.29. The maximum Gasteiger partial charge on any atom is -0.0414 e. The predicted molar refractivity (Wildman–Crippen MR) is 71.0 cm³/mol. The molecule has 0 nitrogen and oxygen atoms in total. The highest BCUT2D eigenvalue weighted by Gasteiger charge is 2.05. The van der Waals surface area contributed by atoms with Crippen LogP contribution in [0.15, 0.2) is 0 Å². The van der Waals surface area contributed by atoms with Crippen molar-refractivity contribution in [3.05, 3.63) is 6.92 Å². The molecule has 0 aliphatic rings. The van der Waals surface area contributed by atoms with Crippen LogP contribution in [-0.2, 0) is 0 Å². The van der Waals surface area contributed by atoms with Crippen molar-refractivity contribution in [1.29, 1.82) is 0 Å². The Morgan fingerprint density at radius 3 is 1.53 bits per heavy atom. The lowest BCUT2D eigenvalue weighted by atomic mass is 9.92. The van der Waals surface area contributed by atoms with Gasteiger partial charge in [0.2, 0.25) is 0 Å². The molecule has 0 saturated heterocycles. The largest absolute Gasteiger partial charge is 0.0654 e. The van der Waals surface area contributed by atoms with Gasteiger partial charge in [-0.25, -0.2) is 0 Å². The van der Waals surface area contributed by atoms with Crippen LogP contribution in [0.25, 0.3) is 0 Å². The Kier molecular flexibility index (Phi) is 12.1.